The van der Waals surface area contributed by atoms with Gasteiger partial charge in [-0.3, -0.25) is 4.79 Å². The quantitative estimate of drug-likeness (QED) is 0.698. The Balaban J connectivity index is 1.89. The second-order valence-corrected chi connectivity index (χ2v) is 7.00. The second kappa shape index (κ2) is 8.03. The number of ether oxygens (including phenoxy) is 1. The third kappa shape index (κ3) is 3.98. The summed E-state index contributed by atoms with van der Waals surface area (Å²) in [4.78, 5) is 16.9. The minimum atomic E-state index is -0.312. The third-order valence-corrected chi connectivity index (χ3v) is 5.14. The number of amidine groups is 1. The molecule has 0 aliphatic carbocycles. The lowest BCUT2D eigenvalue weighted by molar-refractivity contribution is -0.115. The first kappa shape index (κ1) is 18.6. The standard InChI is InChI=1S/C18H14Cl2N2O3S/c1-2-25-13-8-3-5-10(16(13)23)9-14-17(24)22-18(26-14)21-12-7-4-6-11(19)15(12)20/h3-9,23H,2H2,1H3,(H,21,22,24)/b14-9+. The van der Waals surface area contributed by atoms with Gasteiger partial charge in [-0.25, -0.2) is 4.99 Å². The number of amides is 1. The van der Waals surface area contributed by atoms with Crippen molar-refractivity contribution in [3.8, 4) is 11.5 Å². The predicted octanol–water partition coefficient (Wildman–Crippen LogP) is 4.99. The highest BCUT2D eigenvalue weighted by Gasteiger charge is 2.25. The molecule has 0 bridgehead atoms. The number of hydrogen-bond donors (Lipinski definition) is 2. The van der Waals surface area contributed by atoms with Gasteiger partial charge in [0.2, 0.25) is 0 Å². The number of nitrogens with one attached hydrogen (secondary N) is 1. The van der Waals surface area contributed by atoms with Crippen LogP contribution in [0.5, 0.6) is 11.5 Å². The molecule has 134 valence electrons. The Morgan fingerprint density at radius 3 is 2.81 bits per heavy atom. The fraction of sp³-hybridized carbons (Fsp3) is 0.111. The first-order valence-corrected chi connectivity index (χ1v) is 9.25. The molecule has 1 fully saturated rings. The Morgan fingerprint density at radius 1 is 1.27 bits per heavy atom. The van der Waals surface area contributed by atoms with Crippen molar-refractivity contribution in [1.29, 1.82) is 0 Å². The lowest BCUT2D eigenvalue weighted by Gasteiger charge is -2.07. The summed E-state index contributed by atoms with van der Waals surface area (Å²) in [6.07, 6.45) is 1.58. The van der Waals surface area contributed by atoms with Crippen molar-refractivity contribution < 1.29 is 14.6 Å². The van der Waals surface area contributed by atoms with Gasteiger partial charge in [0.25, 0.3) is 5.91 Å². The van der Waals surface area contributed by atoms with Crippen LogP contribution in [0, 0.1) is 0 Å². The third-order valence-electron chi connectivity index (χ3n) is 3.42. The van der Waals surface area contributed by atoms with Crippen molar-refractivity contribution >= 4 is 57.8 Å². The van der Waals surface area contributed by atoms with Crippen molar-refractivity contribution in [2.75, 3.05) is 6.61 Å². The van der Waals surface area contributed by atoms with Crippen molar-refractivity contribution in [2.24, 2.45) is 4.99 Å². The van der Waals surface area contributed by atoms with Gasteiger partial charge in [0.1, 0.15) is 0 Å². The molecule has 0 spiro atoms. The number of phenols is 1. The molecule has 0 radical (unpaired) electrons. The summed E-state index contributed by atoms with van der Waals surface area (Å²) in [5.41, 5.74) is 0.944. The van der Waals surface area contributed by atoms with Crippen LogP contribution in [0.3, 0.4) is 0 Å². The smallest absolute Gasteiger partial charge is 0.264 e. The van der Waals surface area contributed by atoms with Crippen molar-refractivity contribution in [1.82, 2.24) is 5.32 Å². The maximum Gasteiger partial charge on any atom is 0.264 e. The molecule has 2 aromatic rings. The number of para-hydroxylation sites is 1. The van der Waals surface area contributed by atoms with Gasteiger partial charge in [-0.05, 0) is 43.0 Å². The highest BCUT2D eigenvalue weighted by atomic mass is 35.5. The number of carbonyl (C=O) groups excluding carboxylic acids is 1. The van der Waals surface area contributed by atoms with Crippen LogP contribution in [0.25, 0.3) is 6.08 Å². The van der Waals surface area contributed by atoms with Crippen LogP contribution >= 0.6 is 35.0 Å². The molecular formula is C18H14Cl2N2O3S. The summed E-state index contributed by atoms with van der Waals surface area (Å²) in [6, 6.07) is 10.2. The molecule has 0 unspecified atom stereocenters. The molecule has 2 aromatic carbocycles. The summed E-state index contributed by atoms with van der Waals surface area (Å²) in [7, 11) is 0. The van der Waals surface area contributed by atoms with Gasteiger partial charge in [-0.1, -0.05) is 41.4 Å². The molecule has 1 aliphatic rings. The molecule has 5 nitrogen and oxygen atoms in total. The van der Waals surface area contributed by atoms with Crippen molar-refractivity contribution in [2.45, 2.75) is 6.92 Å². The van der Waals surface area contributed by atoms with Crippen LogP contribution in [-0.2, 0) is 4.79 Å². The molecule has 3 rings (SSSR count). The van der Waals surface area contributed by atoms with E-state index in [1.807, 2.05) is 6.92 Å². The van der Waals surface area contributed by atoms with Gasteiger partial charge in [0, 0.05) is 5.56 Å². The summed E-state index contributed by atoms with van der Waals surface area (Å²) < 4.78 is 5.36. The first-order valence-electron chi connectivity index (χ1n) is 7.68. The highest BCUT2D eigenvalue weighted by Crippen LogP contribution is 2.36. The average molecular weight is 409 g/mol. The fourth-order valence-corrected chi connectivity index (χ4v) is 3.40. The number of phenolic OH excluding ortho intramolecular Hbond substituents is 1. The highest BCUT2D eigenvalue weighted by molar-refractivity contribution is 8.18. The lowest BCUT2D eigenvalue weighted by atomic mass is 10.1. The molecule has 0 atom stereocenters. The largest absolute Gasteiger partial charge is 0.504 e. The lowest BCUT2D eigenvalue weighted by Crippen LogP contribution is -2.19. The monoisotopic (exact) mass is 408 g/mol. The van der Waals surface area contributed by atoms with Gasteiger partial charge < -0.3 is 15.2 Å². The van der Waals surface area contributed by atoms with Gasteiger partial charge in [-0.15, -0.1) is 0 Å². The molecule has 1 saturated heterocycles. The molecular weight excluding hydrogens is 395 g/mol. The zero-order valence-corrected chi connectivity index (χ0v) is 16.0. The van der Waals surface area contributed by atoms with E-state index in [9.17, 15) is 9.90 Å². The fourth-order valence-electron chi connectivity index (χ4n) is 2.24. The molecule has 0 saturated carbocycles. The van der Waals surface area contributed by atoms with Crippen LogP contribution in [0.15, 0.2) is 46.3 Å². The topological polar surface area (TPSA) is 70.9 Å². The van der Waals surface area contributed by atoms with Crippen molar-refractivity contribution in [3.63, 3.8) is 0 Å². The number of aliphatic imine (C=N–C) groups is 1. The molecule has 1 heterocycles. The number of thioether (sulfide) groups is 1. The van der Waals surface area contributed by atoms with Crippen LogP contribution in [0.4, 0.5) is 5.69 Å². The molecule has 1 aliphatic heterocycles. The van der Waals surface area contributed by atoms with E-state index in [2.05, 4.69) is 10.3 Å². The number of benzene rings is 2. The average Bonchev–Trinajstić information content (AvgIpc) is 2.95. The Labute approximate surface area is 164 Å². The van der Waals surface area contributed by atoms with Crippen LogP contribution in [0.2, 0.25) is 10.0 Å². The summed E-state index contributed by atoms with van der Waals surface area (Å²) in [5, 5.41) is 14.0. The van der Waals surface area contributed by atoms with Crippen LogP contribution < -0.4 is 10.1 Å². The first-order chi connectivity index (χ1) is 12.5. The number of aromatic hydroxyl groups is 1. The van der Waals surface area contributed by atoms with Gasteiger partial charge >= 0.3 is 0 Å². The van der Waals surface area contributed by atoms with E-state index in [0.29, 0.717) is 43.7 Å². The molecule has 1 amide bonds. The number of hydrogen-bond acceptors (Lipinski definition) is 5. The Bertz CT molecular complexity index is 929. The summed E-state index contributed by atoms with van der Waals surface area (Å²) in [6.45, 7) is 2.26. The van der Waals surface area contributed by atoms with E-state index in [1.165, 1.54) is 0 Å². The van der Waals surface area contributed by atoms with Gasteiger partial charge in [0.15, 0.2) is 16.7 Å². The minimum Gasteiger partial charge on any atom is -0.504 e. The normalized spacial score (nSPS) is 17.0. The molecule has 8 heteroatoms. The maximum atomic E-state index is 12.2. The number of halogens is 2. The van der Waals surface area contributed by atoms with E-state index in [0.717, 1.165) is 11.8 Å². The van der Waals surface area contributed by atoms with E-state index in [1.54, 1.807) is 42.5 Å². The SMILES string of the molecule is CCOc1cccc(/C=C2/SC(=Nc3cccc(Cl)c3Cl)NC2=O)c1O. The van der Waals surface area contributed by atoms with E-state index < -0.39 is 0 Å². The zero-order chi connectivity index (χ0) is 18.7. The number of rotatable bonds is 4. The van der Waals surface area contributed by atoms with Crippen LogP contribution in [-0.4, -0.2) is 22.8 Å². The van der Waals surface area contributed by atoms with E-state index in [4.69, 9.17) is 27.9 Å². The van der Waals surface area contributed by atoms with Gasteiger partial charge in [-0.2, -0.15) is 0 Å². The van der Waals surface area contributed by atoms with Crippen molar-refractivity contribution in [3.05, 3.63) is 56.9 Å². The molecule has 0 aromatic heterocycles. The maximum absolute atomic E-state index is 12.2. The van der Waals surface area contributed by atoms with Crippen LogP contribution in [0.1, 0.15) is 12.5 Å². The van der Waals surface area contributed by atoms with Gasteiger partial charge in [0.05, 0.1) is 27.2 Å². The number of nitrogens with zero attached hydrogens (tertiary/aromatic N) is 1. The Morgan fingerprint density at radius 2 is 2.04 bits per heavy atom. The van der Waals surface area contributed by atoms with E-state index in [-0.39, 0.29) is 11.7 Å². The Kier molecular flexibility index (Phi) is 5.76. The second-order valence-electron chi connectivity index (χ2n) is 5.18. The summed E-state index contributed by atoms with van der Waals surface area (Å²) >= 11 is 13.2. The molecule has 26 heavy (non-hydrogen) atoms. The number of carbonyl (C=O) groups is 1. The van der Waals surface area contributed by atoms with E-state index >= 15 is 0 Å². The minimum absolute atomic E-state index is 0.0153. The molecule has 2 N–H and O–H groups in total. The zero-order valence-electron chi connectivity index (χ0n) is 13.6. The summed E-state index contributed by atoms with van der Waals surface area (Å²) in [5.74, 6) is 0.0384. The Hall–Kier alpha value is -2.15. The predicted molar refractivity (Wildman–Crippen MR) is 107 cm³/mol.